The third-order valence-electron chi connectivity index (χ3n) is 5.59. The van der Waals surface area contributed by atoms with Crippen molar-refractivity contribution in [2.75, 3.05) is 39.6 Å². The second-order valence-corrected chi connectivity index (χ2v) is 9.65. The van der Waals surface area contributed by atoms with Crippen molar-refractivity contribution in [1.29, 1.82) is 0 Å². The minimum absolute atomic E-state index is 0.00917. The standard InChI is InChI=1S/C29H52O6/c1-7-8-9-10-11-15-18-30-24(2)19-31-25(3)20-32-26(4)21-33-27(5)22-34-28(6)23-35-29-16-13-12-14-17-29/h12-14,16-17,24-28H,7-11,15,18-23H2,1-6H3. The predicted octanol–water partition coefficient (Wildman–Crippen LogP) is 6.45. The zero-order valence-electron chi connectivity index (χ0n) is 23.2. The summed E-state index contributed by atoms with van der Waals surface area (Å²) in [6.07, 6.45) is 7.76. The SMILES string of the molecule is CCCCCCCCOC(C)COC(C)COC(C)COC(C)COC(C)COc1ccccc1. The minimum atomic E-state index is -0.0152. The van der Waals surface area contributed by atoms with Crippen molar-refractivity contribution in [3.8, 4) is 5.75 Å². The molecule has 6 heteroatoms. The summed E-state index contributed by atoms with van der Waals surface area (Å²) < 4.78 is 35.1. The summed E-state index contributed by atoms with van der Waals surface area (Å²) in [4.78, 5) is 0. The van der Waals surface area contributed by atoms with Gasteiger partial charge in [-0.2, -0.15) is 0 Å². The van der Waals surface area contributed by atoms with Gasteiger partial charge in [-0.15, -0.1) is 0 Å². The summed E-state index contributed by atoms with van der Waals surface area (Å²) in [5.41, 5.74) is 0. The largest absolute Gasteiger partial charge is 0.491 e. The molecule has 1 aromatic carbocycles. The molecule has 6 nitrogen and oxygen atoms in total. The first-order chi connectivity index (χ1) is 16.9. The van der Waals surface area contributed by atoms with Crippen LogP contribution in [0.4, 0.5) is 0 Å². The summed E-state index contributed by atoms with van der Waals surface area (Å²) in [6.45, 7) is 15.9. The van der Waals surface area contributed by atoms with Crippen LogP contribution in [0, 0.1) is 0 Å². The van der Waals surface area contributed by atoms with E-state index in [1.807, 2.05) is 58.0 Å². The Hall–Kier alpha value is -1.18. The van der Waals surface area contributed by atoms with Crippen LogP contribution in [0.25, 0.3) is 0 Å². The van der Waals surface area contributed by atoms with Gasteiger partial charge in [0.05, 0.1) is 56.9 Å². The summed E-state index contributed by atoms with van der Waals surface area (Å²) in [5.74, 6) is 0.853. The highest BCUT2D eigenvalue weighted by atomic mass is 16.6. The molecule has 0 radical (unpaired) electrons. The van der Waals surface area contributed by atoms with Gasteiger partial charge >= 0.3 is 0 Å². The Morgan fingerprint density at radius 1 is 0.514 bits per heavy atom. The molecule has 0 aromatic heterocycles. The van der Waals surface area contributed by atoms with Gasteiger partial charge in [0.1, 0.15) is 12.4 Å². The highest BCUT2D eigenvalue weighted by Crippen LogP contribution is 2.10. The molecule has 5 atom stereocenters. The van der Waals surface area contributed by atoms with Crippen LogP contribution in [-0.2, 0) is 23.7 Å². The van der Waals surface area contributed by atoms with Gasteiger partial charge < -0.3 is 28.4 Å². The van der Waals surface area contributed by atoms with Gasteiger partial charge in [-0.1, -0.05) is 57.2 Å². The molecule has 0 N–H and O–H groups in total. The maximum atomic E-state index is 5.89. The lowest BCUT2D eigenvalue weighted by atomic mass is 10.1. The van der Waals surface area contributed by atoms with Crippen molar-refractivity contribution >= 4 is 0 Å². The first-order valence-electron chi connectivity index (χ1n) is 13.7. The summed E-state index contributed by atoms with van der Waals surface area (Å²) in [7, 11) is 0. The molecule has 0 aliphatic carbocycles. The molecule has 0 bridgehead atoms. The van der Waals surface area contributed by atoms with E-state index in [1.165, 1.54) is 32.1 Å². The van der Waals surface area contributed by atoms with Crippen molar-refractivity contribution < 1.29 is 28.4 Å². The van der Waals surface area contributed by atoms with Gasteiger partial charge in [0.2, 0.25) is 0 Å². The Labute approximate surface area is 215 Å². The second-order valence-electron chi connectivity index (χ2n) is 9.65. The first-order valence-corrected chi connectivity index (χ1v) is 13.7. The zero-order chi connectivity index (χ0) is 25.7. The van der Waals surface area contributed by atoms with E-state index < -0.39 is 0 Å². The monoisotopic (exact) mass is 496 g/mol. The van der Waals surface area contributed by atoms with Crippen LogP contribution < -0.4 is 4.74 Å². The van der Waals surface area contributed by atoms with Crippen LogP contribution in [-0.4, -0.2) is 70.2 Å². The van der Waals surface area contributed by atoms with E-state index in [-0.39, 0.29) is 30.5 Å². The molecule has 204 valence electrons. The molecule has 0 saturated heterocycles. The van der Waals surface area contributed by atoms with E-state index in [2.05, 4.69) is 13.8 Å². The average Bonchev–Trinajstić information content (AvgIpc) is 2.87. The molecule has 0 amide bonds. The Bertz CT molecular complexity index is 584. The smallest absolute Gasteiger partial charge is 0.119 e. The summed E-state index contributed by atoms with van der Waals surface area (Å²) in [6, 6.07) is 9.77. The molecule has 0 aliphatic heterocycles. The van der Waals surface area contributed by atoms with Crippen molar-refractivity contribution in [2.24, 2.45) is 0 Å². The minimum Gasteiger partial charge on any atom is -0.491 e. The van der Waals surface area contributed by atoms with E-state index in [0.717, 1.165) is 18.8 Å². The van der Waals surface area contributed by atoms with Crippen molar-refractivity contribution in [2.45, 2.75) is 111 Å². The van der Waals surface area contributed by atoms with Gasteiger partial charge in [0.15, 0.2) is 0 Å². The number of hydrogen-bond acceptors (Lipinski definition) is 6. The molecule has 0 fully saturated rings. The van der Waals surface area contributed by atoms with Crippen LogP contribution in [0.5, 0.6) is 5.75 Å². The third kappa shape index (κ3) is 18.7. The normalized spacial score (nSPS) is 15.9. The number of hydrogen-bond donors (Lipinski definition) is 0. The first kappa shape index (κ1) is 31.8. The topological polar surface area (TPSA) is 55.4 Å². The van der Waals surface area contributed by atoms with E-state index >= 15 is 0 Å². The third-order valence-corrected chi connectivity index (χ3v) is 5.59. The predicted molar refractivity (Wildman–Crippen MR) is 142 cm³/mol. The van der Waals surface area contributed by atoms with Crippen LogP contribution >= 0.6 is 0 Å². The van der Waals surface area contributed by atoms with Crippen LogP contribution in [0.15, 0.2) is 30.3 Å². The fraction of sp³-hybridized carbons (Fsp3) is 0.793. The highest BCUT2D eigenvalue weighted by molar-refractivity contribution is 5.20. The van der Waals surface area contributed by atoms with Gasteiger partial charge in [-0.05, 0) is 53.2 Å². The fourth-order valence-electron chi connectivity index (χ4n) is 3.34. The molecule has 1 rings (SSSR count). The quantitative estimate of drug-likeness (QED) is 0.162. The second kappa shape index (κ2) is 21.0. The number of para-hydroxylation sites is 1. The van der Waals surface area contributed by atoms with Gasteiger partial charge in [0, 0.05) is 6.61 Å². The van der Waals surface area contributed by atoms with Gasteiger partial charge in [-0.25, -0.2) is 0 Å². The van der Waals surface area contributed by atoms with E-state index in [4.69, 9.17) is 28.4 Å². The lowest BCUT2D eigenvalue weighted by molar-refractivity contribution is -0.0970. The Morgan fingerprint density at radius 3 is 1.46 bits per heavy atom. The number of rotatable bonds is 23. The van der Waals surface area contributed by atoms with E-state index in [1.54, 1.807) is 0 Å². The molecule has 1 aromatic rings. The van der Waals surface area contributed by atoms with Crippen molar-refractivity contribution in [3.63, 3.8) is 0 Å². The maximum absolute atomic E-state index is 5.89. The van der Waals surface area contributed by atoms with Gasteiger partial charge in [0.25, 0.3) is 0 Å². The number of benzene rings is 1. The molecule has 0 spiro atoms. The van der Waals surface area contributed by atoms with Crippen molar-refractivity contribution in [3.05, 3.63) is 30.3 Å². The molecule has 0 aliphatic rings. The van der Waals surface area contributed by atoms with E-state index in [0.29, 0.717) is 33.0 Å². The summed E-state index contributed by atoms with van der Waals surface area (Å²) in [5, 5.41) is 0. The fourth-order valence-corrected chi connectivity index (χ4v) is 3.34. The average molecular weight is 497 g/mol. The molecule has 0 saturated carbocycles. The number of ether oxygens (including phenoxy) is 6. The molecular weight excluding hydrogens is 444 g/mol. The van der Waals surface area contributed by atoms with Crippen molar-refractivity contribution in [1.82, 2.24) is 0 Å². The zero-order valence-corrected chi connectivity index (χ0v) is 23.2. The molecule has 35 heavy (non-hydrogen) atoms. The Kier molecular flexibility index (Phi) is 19.1. The molecule has 5 unspecified atom stereocenters. The molecular formula is C29H52O6. The van der Waals surface area contributed by atoms with E-state index in [9.17, 15) is 0 Å². The van der Waals surface area contributed by atoms with Crippen LogP contribution in [0.3, 0.4) is 0 Å². The van der Waals surface area contributed by atoms with Crippen LogP contribution in [0.1, 0.15) is 80.1 Å². The lowest BCUT2D eigenvalue weighted by Crippen LogP contribution is -2.29. The van der Waals surface area contributed by atoms with Crippen LogP contribution in [0.2, 0.25) is 0 Å². The molecule has 0 heterocycles. The van der Waals surface area contributed by atoms with Gasteiger partial charge in [-0.3, -0.25) is 0 Å². The Morgan fingerprint density at radius 2 is 0.943 bits per heavy atom. The maximum Gasteiger partial charge on any atom is 0.119 e. The summed E-state index contributed by atoms with van der Waals surface area (Å²) >= 11 is 0. The lowest BCUT2D eigenvalue weighted by Gasteiger charge is -2.22. The Balaban J connectivity index is 2.00. The highest BCUT2D eigenvalue weighted by Gasteiger charge is 2.13. The number of unbranched alkanes of at least 4 members (excludes halogenated alkanes) is 5.